The monoisotopic (exact) mass is 341 g/mol. The SMILES string of the molecule is CCCN(C(=O)c1ccc(OC)cc1OC)[C@@H]1CCS(=O)(=O)C1. The maximum atomic E-state index is 12.9. The number of benzene rings is 1. The summed E-state index contributed by atoms with van der Waals surface area (Å²) < 4.78 is 33.9. The Morgan fingerprint density at radius 1 is 1.30 bits per heavy atom. The average molecular weight is 341 g/mol. The molecule has 2 rings (SSSR count). The van der Waals surface area contributed by atoms with Crippen molar-refractivity contribution in [3.63, 3.8) is 0 Å². The van der Waals surface area contributed by atoms with Crippen molar-refractivity contribution >= 4 is 15.7 Å². The van der Waals surface area contributed by atoms with Crippen LogP contribution in [0.4, 0.5) is 0 Å². The summed E-state index contributed by atoms with van der Waals surface area (Å²) >= 11 is 0. The standard InChI is InChI=1S/C16H23NO5S/c1-4-8-17(12-7-9-23(19,20)11-12)16(18)14-6-5-13(21-2)10-15(14)22-3/h5-6,10,12H,4,7-9,11H2,1-3H3/t12-/m1/s1. The number of ether oxygens (including phenoxy) is 2. The fraction of sp³-hybridized carbons (Fsp3) is 0.562. The molecule has 1 amide bonds. The van der Waals surface area contributed by atoms with Crippen LogP contribution in [0.25, 0.3) is 0 Å². The molecule has 0 aliphatic carbocycles. The van der Waals surface area contributed by atoms with Crippen molar-refractivity contribution in [2.45, 2.75) is 25.8 Å². The lowest BCUT2D eigenvalue weighted by molar-refractivity contribution is 0.0693. The maximum absolute atomic E-state index is 12.9. The van der Waals surface area contributed by atoms with E-state index in [1.54, 1.807) is 30.2 Å². The van der Waals surface area contributed by atoms with E-state index in [0.29, 0.717) is 30.0 Å². The highest BCUT2D eigenvalue weighted by molar-refractivity contribution is 7.91. The second-order valence-corrected chi connectivity index (χ2v) is 7.85. The van der Waals surface area contributed by atoms with Crippen LogP contribution in [0.1, 0.15) is 30.1 Å². The topological polar surface area (TPSA) is 72.9 Å². The summed E-state index contributed by atoms with van der Waals surface area (Å²) in [6, 6.07) is 4.75. The van der Waals surface area contributed by atoms with Gasteiger partial charge in [-0.15, -0.1) is 0 Å². The Hall–Kier alpha value is -1.76. The fourth-order valence-corrected chi connectivity index (χ4v) is 4.57. The molecule has 0 aromatic heterocycles. The Morgan fingerprint density at radius 2 is 2.04 bits per heavy atom. The summed E-state index contributed by atoms with van der Waals surface area (Å²) in [4.78, 5) is 14.6. The Morgan fingerprint density at radius 3 is 2.57 bits per heavy atom. The molecule has 0 spiro atoms. The van der Waals surface area contributed by atoms with E-state index < -0.39 is 9.84 Å². The van der Waals surface area contributed by atoms with Gasteiger partial charge in [0.05, 0.1) is 31.3 Å². The van der Waals surface area contributed by atoms with E-state index in [-0.39, 0.29) is 23.5 Å². The predicted octanol–water partition coefficient (Wildman–Crippen LogP) is 1.74. The van der Waals surface area contributed by atoms with Crippen molar-refractivity contribution < 1.29 is 22.7 Å². The summed E-state index contributed by atoms with van der Waals surface area (Å²) in [6.45, 7) is 2.49. The molecule has 23 heavy (non-hydrogen) atoms. The van der Waals surface area contributed by atoms with Crippen molar-refractivity contribution in [3.05, 3.63) is 23.8 Å². The molecule has 6 nitrogen and oxygen atoms in total. The van der Waals surface area contributed by atoms with Gasteiger partial charge in [-0.2, -0.15) is 0 Å². The first kappa shape index (κ1) is 17.6. The molecule has 1 aliphatic heterocycles. The molecule has 1 fully saturated rings. The summed E-state index contributed by atoms with van der Waals surface area (Å²) in [7, 11) is -0.00554. The lowest BCUT2D eigenvalue weighted by atomic mass is 10.1. The molecular formula is C16H23NO5S. The highest BCUT2D eigenvalue weighted by Crippen LogP contribution is 2.28. The van der Waals surface area contributed by atoms with E-state index in [2.05, 4.69) is 0 Å². The van der Waals surface area contributed by atoms with Crippen LogP contribution >= 0.6 is 0 Å². The summed E-state index contributed by atoms with van der Waals surface area (Å²) in [5.74, 6) is 1.01. The van der Waals surface area contributed by atoms with Crippen LogP contribution < -0.4 is 9.47 Å². The number of methoxy groups -OCH3 is 2. The zero-order valence-corrected chi connectivity index (χ0v) is 14.6. The molecule has 1 saturated heterocycles. The van der Waals surface area contributed by atoms with Crippen molar-refractivity contribution in [1.29, 1.82) is 0 Å². The van der Waals surface area contributed by atoms with Crippen LogP contribution in [0.5, 0.6) is 11.5 Å². The second-order valence-electron chi connectivity index (χ2n) is 5.62. The number of hydrogen-bond donors (Lipinski definition) is 0. The molecule has 0 N–H and O–H groups in total. The Kier molecular flexibility index (Phi) is 5.51. The molecule has 1 heterocycles. The van der Waals surface area contributed by atoms with E-state index in [9.17, 15) is 13.2 Å². The van der Waals surface area contributed by atoms with Gasteiger partial charge in [0.2, 0.25) is 0 Å². The highest BCUT2D eigenvalue weighted by atomic mass is 32.2. The normalized spacial score (nSPS) is 19.3. The van der Waals surface area contributed by atoms with E-state index in [1.165, 1.54) is 7.11 Å². The minimum absolute atomic E-state index is 0.0389. The zero-order valence-electron chi connectivity index (χ0n) is 13.7. The summed E-state index contributed by atoms with van der Waals surface area (Å²) in [5, 5.41) is 0. The second kappa shape index (κ2) is 7.21. The third-order valence-corrected chi connectivity index (χ3v) is 5.76. The third kappa shape index (κ3) is 3.96. The van der Waals surface area contributed by atoms with Crippen LogP contribution in [0.15, 0.2) is 18.2 Å². The first-order valence-electron chi connectivity index (χ1n) is 7.65. The third-order valence-electron chi connectivity index (χ3n) is 4.01. The molecule has 1 atom stereocenters. The van der Waals surface area contributed by atoms with Crippen LogP contribution in [0.3, 0.4) is 0 Å². The van der Waals surface area contributed by atoms with E-state index >= 15 is 0 Å². The maximum Gasteiger partial charge on any atom is 0.257 e. The molecule has 7 heteroatoms. The smallest absolute Gasteiger partial charge is 0.257 e. The van der Waals surface area contributed by atoms with Gasteiger partial charge in [-0.25, -0.2) is 8.42 Å². The van der Waals surface area contributed by atoms with E-state index in [4.69, 9.17) is 9.47 Å². The van der Waals surface area contributed by atoms with Crippen LogP contribution in [0, 0.1) is 0 Å². The van der Waals surface area contributed by atoms with Crippen LogP contribution in [0.2, 0.25) is 0 Å². The van der Waals surface area contributed by atoms with E-state index in [0.717, 1.165) is 6.42 Å². The number of carbonyl (C=O) groups is 1. The molecule has 1 aromatic carbocycles. The van der Waals surface area contributed by atoms with Gasteiger partial charge in [-0.3, -0.25) is 4.79 Å². The first-order valence-corrected chi connectivity index (χ1v) is 9.47. The van der Waals surface area contributed by atoms with Crippen LogP contribution in [-0.2, 0) is 9.84 Å². The summed E-state index contributed by atoms with van der Waals surface area (Å²) in [5.41, 5.74) is 0.422. The van der Waals surface area contributed by atoms with Gasteiger partial charge in [0, 0.05) is 18.7 Å². The molecule has 128 valence electrons. The number of amides is 1. The average Bonchev–Trinajstić information content (AvgIpc) is 2.91. The Bertz CT molecular complexity index is 671. The van der Waals surface area contributed by atoms with Gasteiger partial charge in [0.25, 0.3) is 5.91 Å². The van der Waals surface area contributed by atoms with Gasteiger partial charge in [-0.05, 0) is 25.0 Å². The Labute approximate surface area is 137 Å². The lowest BCUT2D eigenvalue weighted by Gasteiger charge is -2.28. The molecule has 0 bridgehead atoms. The molecular weight excluding hydrogens is 318 g/mol. The number of hydrogen-bond acceptors (Lipinski definition) is 5. The number of carbonyl (C=O) groups excluding carboxylic acids is 1. The molecule has 0 saturated carbocycles. The largest absolute Gasteiger partial charge is 0.497 e. The van der Waals surface area contributed by atoms with Crippen molar-refractivity contribution in [3.8, 4) is 11.5 Å². The van der Waals surface area contributed by atoms with Crippen molar-refractivity contribution in [2.24, 2.45) is 0 Å². The zero-order chi connectivity index (χ0) is 17.0. The van der Waals surface area contributed by atoms with Gasteiger partial charge >= 0.3 is 0 Å². The minimum atomic E-state index is -3.05. The van der Waals surface area contributed by atoms with Gasteiger partial charge in [0.15, 0.2) is 9.84 Å². The number of nitrogens with zero attached hydrogens (tertiary/aromatic N) is 1. The van der Waals surface area contributed by atoms with Gasteiger partial charge < -0.3 is 14.4 Å². The van der Waals surface area contributed by atoms with Crippen molar-refractivity contribution in [1.82, 2.24) is 4.90 Å². The minimum Gasteiger partial charge on any atom is -0.497 e. The molecule has 1 aliphatic rings. The van der Waals surface area contributed by atoms with E-state index in [1.807, 2.05) is 6.92 Å². The highest BCUT2D eigenvalue weighted by Gasteiger charge is 2.35. The molecule has 0 unspecified atom stereocenters. The summed E-state index contributed by atoms with van der Waals surface area (Å²) in [6.07, 6.45) is 1.26. The lowest BCUT2D eigenvalue weighted by Crippen LogP contribution is -2.41. The predicted molar refractivity (Wildman–Crippen MR) is 87.9 cm³/mol. The van der Waals surface area contributed by atoms with Crippen molar-refractivity contribution in [2.75, 3.05) is 32.3 Å². The quantitative estimate of drug-likeness (QED) is 0.788. The molecule has 0 radical (unpaired) electrons. The molecule has 1 aromatic rings. The Balaban J connectivity index is 2.31. The van der Waals surface area contributed by atoms with Gasteiger partial charge in [0.1, 0.15) is 11.5 Å². The fourth-order valence-electron chi connectivity index (χ4n) is 2.84. The number of sulfone groups is 1. The first-order chi connectivity index (χ1) is 10.9. The number of rotatable bonds is 6. The van der Waals surface area contributed by atoms with Gasteiger partial charge in [-0.1, -0.05) is 6.92 Å². The van der Waals surface area contributed by atoms with Crippen LogP contribution in [-0.4, -0.2) is 57.5 Å².